The second-order valence-electron chi connectivity index (χ2n) is 6.93. The molecular weight excluding hydrogens is 394 g/mol. The maximum Gasteiger partial charge on any atom is 0.305 e. The maximum atomic E-state index is 12.3. The highest BCUT2D eigenvalue weighted by Gasteiger charge is 2.14. The molecule has 3 rings (SSSR count). The lowest BCUT2D eigenvalue weighted by atomic mass is 10.1. The molecule has 31 heavy (non-hydrogen) atoms. The largest absolute Gasteiger partial charge is 0.489 e. The predicted octanol–water partition coefficient (Wildman–Crippen LogP) is 3.78. The van der Waals surface area contributed by atoms with E-state index in [0.29, 0.717) is 24.5 Å². The molecule has 0 saturated heterocycles. The lowest BCUT2D eigenvalue weighted by Crippen LogP contribution is -2.41. The Kier molecular flexibility index (Phi) is 7.84. The van der Waals surface area contributed by atoms with E-state index in [0.717, 1.165) is 24.4 Å². The van der Waals surface area contributed by atoms with Crippen molar-refractivity contribution < 1.29 is 18.7 Å². The van der Waals surface area contributed by atoms with Crippen molar-refractivity contribution in [2.45, 2.75) is 27.0 Å². The van der Waals surface area contributed by atoms with Crippen LogP contribution in [-0.4, -0.2) is 29.8 Å². The number of para-hydroxylation sites is 1. The molecule has 0 fully saturated rings. The first kappa shape index (κ1) is 22.1. The topological polar surface area (TPSA) is 83.8 Å². The van der Waals surface area contributed by atoms with E-state index in [1.807, 2.05) is 42.5 Å². The molecule has 7 heteroatoms. The molecule has 0 bridgehead atoms. The van der Waals surface area contributed by atoms with Gasteiger partial charge in [-0.25, -0.2) is 0 Å². The molecule has 0 aliphatic rings. The third-order valence-corrected chi connectivity index (χ3v) is 4.81. The molecule has 0 atom stereocenters. The van der Waals surface area contributed by atoms with Crippen molar-refractivity contribution in [2.24, 2.45) is 0 Å². The summed E-state index contributed by atoms with van der Waals surface area (Å²) in [6.45, 7) is 6.96. The van der Waals surface area contributed by atoms with Crippen LogP contribution in [0.1, 0.15) is 46.1 Å². The Labute approximate surface area is 182 Å². The molecule has 0 radical (unpaired) electrons. The van der Waals surface area contributed by atoms with E-state index in [9.17, 15) is 9.59 Å². The molecule has 2 aromatic carbocycles. The average Bonchev–Trinajstić information content (AvgIpc) is 3.29. The van der Waals surface area contributed by atoms with Crippen molar-refractivity contribution in [3.63, 3.8) is 0 Å². The zero-order valence-corrected chi connectivity index (χ0v) is 17.8. The Morgan fingerprint density at radius 3 is 2.23 bits per heavy atom. The number of nitrogens with one attached hydrogen (secondary N) is 2. The minimum Gasteiger partial charge on any atom is -0.489 e. The number of hydrazine groups is 1. The summed E-state index contributed by atoms with van der Waals surface area (Å²) in [5.74, 6) is 0.709. The summed E-state index contributed by atoms with van der Waals surface area (Å²) in [6, 6.07) is 19.9. The third-order valence-electron chi connectivity index (χ3n) is 4.81. The van der Waals surface area contributed by atoms with Crippen LogP contribution in [0.4, 0.5) is 0 Å². The van der Waals surface area contributed by atoms with Crippen LogP contribution in [0.5, 0.6) is 5.75 Å². The van der Waals surface area contributed by atoms with Crippen LogP contribution in [0.25, 0.3) is 0 Å². The zero-order chi connectivity index (χ0) is 22.1. The summed E-state index contributed by atoms with van der Waals surface area (Å²) >= 11 is 0. The third kappa shape index (κ3) is 6.45. The van der Waals surface area contributed by atoms with Gasteiger partial charge in [0.05, 0.1) is 6.54 Å². The summed E-state index contributed by atoms with van der Waals surface area (Å²) in [7, 11) is 0. The van der Waals surface area contributed by atoms with E-state index in [1.54, 1.807) is 24.3 Å². The minimum atomic E-state index is -0.507. The van der Waals surface area contributed by atoms with Crippen molar-refractivity contribution in [3.05, 3.63) is 89.4 Å². The number of nitrogens with zero attached hydrogens (tertiary/aromatic N) is 1. The maximum absolute atomic E-state index is 12.3. The summed E-state index contributed by atoms with van der Waals surface area (Å²) in [5, 5.41) is 0. The Hall–Kier alpha value is -3.58. The Balaban J connectivity index is 1.47. The predicted molar refractivity (Wildman–Crippen MR) is 117 cm³/mol. The van der Waals surface area contributed by atoms with Gasteiger partial charge in [-0.05, 0) is 55.1 Å². The van der Waals surface area contributed by atoms with Gasteiger partial charge in [-0.3, -0.25) is 25.3 Å². The Morgan fingerprint density at radius 2 is 1.55 bits per heavy atom. The van der Waals surface area contributed by atoms with Crippen molar-refractivity contribution in [1.29, 1.82) is 0 Å². The van der Waals surface area contributed by atoms with Crippen LogP contribution in [-0.2, 0) is 13.2 Å². The van der Waals surface area contributed by atoms with E-state index in [1.165, 1.54) is 0 Å². The fourth-order valence-corrected chi connectivity index (χ4v) is 2.94. The molecule has 0 saturated carbocycles. The van der Waals surface area contributed by atoms with Gasteiger partial charge in [-0.1, -0.05) is 44.2 Å². The highest BCUT2D eigenvalue weighted by Crippen LogP contribution is 2.13. The molecule has 162 valence electrons. The molecule has 0 aliphatic heterocycles. The molecule has 1 heterocycles. The van der Waals surface area contributed by atoms with Gasteiger partial charge >= 0.3 is 5.91 Å². The molecule has 2 N–H and O–H groups in total. The van der Waals surface area contributed by atoms with E-state index in [2.05, 4.69) is 29.6 Å². The number of rotatable bonds is 9. The van der Waals surface area contributed by atoms with E-state index >= 15 is 0 Å². The number of furan rings is 1. The second kappa shape index (κ2) is 11.0. The van der Waals surface area contributed by atoms with Crippen LogP contribution in [0.3, 0.4) is 0 Å². The number of carbonyl (C=O) groups is 2. The van der Waals surface area contributed by atoms with Crippen LogP contribution < -0.4 is 15.6 Å². The van der Waals surface area contributed by atoms with Gasteiger partial charge in [-0.15, -0.1) is 0 Å². The molecule has 3 aromatic rings. The molecule has 0 spiro atoms. The molecule has 0 unspecified atom stereocenters. The number of amides is 2. The summed E-state index contributed by atoms with van der Waals surface area (Å²) in [6.07, 6.45) is 0. The quantitative estimate of drug-likeness (QED) is 0.514. The molecule has 0 aliphatic carbocycles. The SMILES string of the molecule is CCN(CC)Cc1ccc(C(=O)NNC(=O)c2ccc(COc3ccccc3)cc2)o1. The highest BCUT2D eigenvalue weighted by atomic mass is 16.5. The molecule has 2 amide bonds. The summed E-state index contributed by atoms with van der Waals surface area (Å²) < 4.78 is 11.3. The lowest BCUT2D eigenvalue weighted by molar-refractivity contribution is 0.0829. The van der Waals surface area contributed by atoms with Crippen molar-refractivity contribution in [1.82, 2.24) is 15.8 Å². The highest BCUT2D eigenvalue weighted by molar-refractivity contribution is 5.97. The van der Waals surface area contributed by atoms with E-state index in [-0.39, 0.29) is 5.76 Å². The van der Waals surface area contributed by atoms with Gasteiger partial charge in [0.2, 0.25) is 0 Å². The van der Waals surface area contributed by atoms with Gasteiger partial charge < -0.3 is 9.15 Å². The van der Waals surface area contributed by atoms with E-state index in [4.69, 9.17) is 9.15 Å². The van der Waals surface area contributed by atoms with Crippen LogP contribution >= 0.6 is 0 Å². The standard InChI is InChI=1S/C24H27N3O4/c1-3-27(4-2)16-21-14-15-22(31-21)24(29)26-25-23(28)19-12-10-18(11-13-19)17-30-20-8-6-5-7-9-20/h5-15H,3-4,16-17H2,1-2H3,(H,25,28)(H,26,29). The van der Waals surface area contributed by atoms with Crippen molar-refractivity contribution in [3.8, 4) is 5.75 Å². The number of hydrogen-bond acceptors (Lipinski definition) is 5. The fourth-order valence-electron chi connectivity index (χ4n) is 2.94. The van der Waals surface area contributed by atoms with Crippen molar-refractivity contribution >= 4 is 11.8 Å². The molecule has 7 nitrogen and oxygen atoms in total. The molecule has 1 aromatic heterocycles. The first-order chi connectivity index (χ1) is 15.1. The second-order valence-corrected chi connectivity index (χ2v) is 6.93. The summed E-state index contributed by atoms with van der Waals surface area (Å²) in [4.78, 5) is 26.7. The zero-order valence-electron chi connectivity index (χ0n) is 17.8. The average molecular weight is 421 g/mol. The van der Waals surface area contributed by atoms with Gasteiger partial charge in [0.1, 0.15) is 18.1 Å². The summed E-state index contributed by atoms with van der Waals surface area (Å²) in [5.41, 5.74) is 6.14. The van der Waals surface area contributed by atoms with Gasteiger partial charge in [-0.2, -0.15) is 0 Å². The van der Waals surface area contributed by atoms with Gasteiger partial charge in [0.25, 0.3) is 5.91 Å². The monoisotopic (exact) mass is 421 g/mol. The van der Waals surface area contributed by atoms with Gasteiger partial charge in [0, 0.05) is 5.56 Å². The first-order valence-electron chi connectivity index (χ1n) is 10.3. The van der Waals surface area contributed by atoms with E-state index < -0.39 is 11.8 Å². The Bertz CT molecular complexity index is 980. The molecular formula is C24H27N3O4. The van der Waals surface area contributed by atoms with Crippen LogP contribution in [0.2, 0.25) is 0 Å². The number of hydrogen-bond donors (Lipinski definition) is 2. The normalized spacial score (nSPS) is 10.7. The smallest absolute Gasteiger partial charge is 0.305 e. The van der Waals surface area contributed by atoms with Crippen molar-refractivity contribution in [2.75, 3.05) is 13.1 Å². The lowest BCUT2D eigenvalue weighted by Gasteiger charge is -2.15. The first-order valence-corrected chi connectivity index (χ1v) is 10.3. The number of ether oxygens (including phenoxy) is 1. The minimum absolute atomic E-state index is 0.149. The fraction of sp³-hybridized carbons (Fsp3) is 0.250. The van der Waals surface area contributed by atoms with Crippen LogP contribution in [0.15, 0.2) is 71.1 Å². The van der Waals surface area contributed by atoms with Crippen LogP contribution in [0, 0.1) is 0 Å². The Morgan fingerprint density at radius 1 is 0.871 bits per heavy atom. The number of benzene rings is 2. The van der Waals surface area contributed by atoms with Gasteiger partial charge in [0.15, 0.2) is 5.76 Å². The number of carbonyl (C=O) groups excluding carboxylic acids is 2.